The van der Waals surface area contributed by atoms with Gasteiger partial charge in [0.2, 0.25) is 0 Å². The highest BCUT2D eigenvalue weighted by Gasteiger charge is 2.22. The number of nitrogens with one attached hydrogen (secondary N) is 1. The average Bonchev–Trinajstić information content (AvgIpc) is 2.81. The van der Waals surface area contributed by atoms with E-state index in [9.17, 15) is 0 Å². The molecule has 1 aliphatic heterocycles. The highest BCUT2D eigenvalue weighted by molar-refractivity contribution is 6.32. The number of halogens is 1. The molecule has 1 unspecified atom stereocenters. The summed E-state index contributed by atoms with van der Waals surface area (Å²) < 4.78 is 10.6. The summed E-state index contributed by atoms with van der Waals surface area (Å²) in [5.41, 5.74) is 1.14. The number of hydrogen-bond acceptors (Lipinski definition) is 3. The van der Waals surface area contributed by atoms with Crippen LogP contribution in [0.3, 0.4) is 0 Å². The molecular formula is C12H16ClNO2. The summed E-state index contributed by atoms with van der Waals surface area (Å²) in [6.45, 7) is 2.02. The van der Waals surface area contributed by atoms with Gasteiger partial charge in [0.25, 0.3) is 0 Å². The quantitative estimate of drug-likeness (QED) is 0.882. The molecule has 1 heterocycles. The molecule has 1 fully saturated rings. The maximum absolute atomic E-state index is 6.17. The second-order valence-electron chi connectivity index (χ2n) is 3.92. The van der Waals surface area contributed by atoms with Crippen LogP contribution in [-0.4, -0.2) is 27.3 Å². The molecule has 1 N–H and O–H groups in total. The van der Waals surface area contributed by atoms with E-state index in [0.717, 1.165) is 36.6 Å². The van der Waals surface area contributed by atoms with E-state index >= 15 is 0 Å². The fraction of sp³-hybridized carbons (Fsp3) is 0.500. The summed E-state index contributed by atoms with van der Waals surface area (Å²) in [5.74, 6) is 2.02. The Balaban J connectivity index is 2.42. The second-order valence-corrected chi connectivity index (χ2v) is 4.33. The molecule has 1 aromatic carbocycles. The number of rotatable bonds is 3. The van der Waals surface area contributed by atoms with Gasteiger partial charge in [-0.1, -0.05) is 11.6 Å². The molecule has 0 amide bonds. The lowest BCUT2D eigenvalue weighted by Gasteiger charge is -2.16. The molecular weight excluding hydrogens is 226 g/mol. The molecule has 16 heavy (non-hydrogen) atoms. The van der Waals surface area contributed by atoms with Crippen LogP contribution in [0.2, 0.25) is 5.02 Å². The molecule has 0 radical (unpaired) electrons. The van der Waals surface area contributed by atoms with Crippen molar-refractivity contribution < 1.29 is 9.47 Å². The Morgan fingerprint density at radius 2 is 2.12 bits per heavy atom. The summed E-state index contributed by atoms with van der Waals surface area (Å²) in [7, 11) is 3.30. The Hall–Kier alpha value is -0.930. The van der Waals surface area contributed by atoms with Gasteiger partial charge in [0.05, 0.1) is 19.2 Å². The third-order valence-corrected chi connectivity index (χ3v) is 3.27. The van der Waals surface area contributed by atoms with Crippen LogP contribution in [0.25, 0.3) is 0 Å². The Labute approximate surface area is 101 Å². The van der Waals surface area contributed by atoms with Crippen LogP contribution in [0, 0.1) is 0 Å². The van der Waals surface area contributed by atoms with E-state index in [1.54, 1.807) is 20.3 Å². The monoisotopic (exact) mass is 241 g/mol. The van der Waals surface area contributed by atoms with Gasteiger partial charge in [-0.2, -0.15) is 0 Å². The molecule has 1 aromatic rings. The summed E-state index contributed by atoms with van der Waals surface area (Å²) >= 11 is 6.17. The van der Waals surface area contributed by atoms with Crippen molar-refractivity contribution in [1.82, 2.24) is 5.32 Å². The summed E-state index contributed by atoms with van der Waals surface area (Å²) in [5, 5.41) is 3.95. The molecule has 0 saturated carbocycles. The Bertz CT molecular complexity index is 376. The predicted molar refractivity (Wildman–Crippen MR) is 64.8 cm³/mol. The van der Waals surface area contributed by atoms with Gasteiger partial charge in [-0.05, 0) is 19.0 Å². The minimum Gasteiger partial charge on any atom is -0.497 e. The lowest BCUT2D eigenvalue weighted by molar-refractivity contribution is 0.396. The minimum absolute atomic E-state index is 0.461. The summed E-state index contributed by atoms with van der Waals surface area (Å²) in [6.07, 6.45) is 1.11. The molecule has 1 aliphatic rings. The van der Waals surface area contributed by atoms with Crippen molar-refractivity contribution in [2.45, 2.75) is 12.3 Å². The Morgan fingerprint density at radius 1 is 1.31 bits per heavy atom. The largest absolute Gasteiger partial charge is 0.497 e. The molecule has 0 aromatic heterocycles. The summed E-state index contributed by atoms with van der Waals surface area (Å²) in [4.78, 5) is 0. The fourth-order valence-corrected chi connectivity index (χ4v) is 2.44. The maximum atomic E-state index is 6.17. The predicted octanol–water partition coefficient (Wildman–Crippen LogP) is 2.43. The fourth-order valence-electron chi connectivity index (χ4n) is 2.15. The van der Waals surface area contributed by atoms with E-state index in [-0.39, 0.29) is 0 Å². The standard InChI is InChI=1S/C12H16ClNO2/c1-15-9-5-10(8-3-4-14-7-8)12(16-2)11(13)6-9/h5-6,8,14H,3-4,7H2,1-2H3. The van der Waals surface area contributed by atoms with Crippen molar-refractivity contribution in [3.05, 3.63) is 22.7 Å². The zero-order valence-electron chi connectivity index (χ0n) is 9.55. The molecule has 0 spiro atoms. The van der Waals surface area contributed by atoms with Gasteiger partial charge < -0.3 is 14.8 Å². The first-order valence-corrected chi connectivity index (χ1v) is 5.76. The van der Waals surface area contributed by atoms with Gasteiger partial charge in [-0.3, -0.25) is 0 Å². The number of methoxy groups -OCH3 is 2. The molecule has 88 valence electrons. The van der Waals surface area contributed by atoms with Crippen LogP contribution in [0.15, 0.2) is 12.1 Å². The van der Waals surface area contributed by atoms with E-state index < -0.39 is 0 Å². The molecule has 3 nitrogen and oxygen atoms in total. The first-order valence-electron chi connectivity index (χ1n) is 5.38. The van der Waals surface area contributed by atoms with E-state index in [2.05, 4.69) is 5.32 Å². The van der Waals surface area contributed by atoms with Crippen molar-refractivity contribution in [3.8, 4) is 11.5 Å². The number of benzene rings is 1. The maximum Gasteiger partial charge on any atom is 0.141 e. The lowest BCUT2D eigenvalue weighted by atomic mass is 9.97. The minimum atomic E-state index is 0.461. The van der Waals surface area contributed by atoms with Crippen LogP contribution < -0.4 is 14.8 Å². The first-order chi connectivity index (χ1) is 7.76. The van der Waals surface area contributed by atoms with Crippen molar-refractivity contribution >= 4 is 11.6 Å². The summed E-state index contributed by atoms with van der Waals surface area (Å²) in [6, 6.07) is 3.80. The van der Waals surface area contributed by atoms with E-state index in [1.807, 2.05) is 6.07 Å². The van der Waals surface area contributed by atoms with Crippen LogP contribution in [0.4, 0.5) is 0 Å². The number of ether oxygens (including phenoxy) is 2. The van der Waals surface area contributed by atoms with Crippen molar-refractivity contribution in [1.29, 1.82) is 0 Å². The van der Waals surface area contributed by atoms with Crippen LogP contribution >= 0.6 is 11.6 Å². The van der Waals surface area contributed by atoms with Gasteiger partial charge in [0, 0.05) is 24.1 Å². The van der Waals surface area contributed by atoms with Crippen molar-refractivity contribution in [3.63, 3.8) is 0 Å². The highest BCUT2D eigenvalue weighted by Crippen LogP contribution is 2.39. The zero-order chi connectivity index (χ0) is 11.5. The SMILES string of the molecule is COc1cc(Cl)c(OC)c(C2CCNC2)c1. The molecule has 0 aliphatic carbocycles. The van der Waals surface area contributed by atoms with Crippen LogP contribution in [0.5, 0.6) is 11.5 Å². The molecule has 1 saturated heterocycles. The van der Waals surface area contributed by atoms with Gasteiger partial charge >= 0.3 is 0 Å². The second kappa shape index (κ2) is 4.93. The third-order valence-electron chi connectivity index (χ3n) is 2.99. The molecule has 0 bridgehead atoms. The van der Waals surface area contributed by atoms with Gasteiger partial charge in [0.1, 0.15) is 11.5 Å². The van der Waals surface area contributed by atoms with Crippen LogP contribution in [-0.2, 0) is 0 Å². The first kappa shape index (κ1) is 11.6. The highest BCUT2D eigenvalue weighted by atomic mass is 35.5. The topological polar surface area (TPSA) is 30.5 Å². The molecule has 4 heteroatoms. The normalized spacial score (nSPS) is 19.8. The zero-order valence-corrected chi connectivity index (χ0v) is 10.3. The van der Waals surface area contributed by atoms with Crippen LogP contribution in [0.1, 0.15) is 17.9 Å². The lowest BCUT2D eigenvalue weighted by Crippen LogP contribution is -2.09. The van der Waals surface area contributed by atoms with Crippen molar-refractivity contribution in [2.24, 2.45) is 0 Å². The average molecular weight is 242 g/mol. The van der Waals surface area contributed by atoms with Gasteiger partial charge in [-0.25, -0.2) is 0 Å². The van der Waals surface area contributed by atoms with Crippen molar-refractivity contribution in [2.75, 3.05) is 27.3 Å². The van der Waals surface area contributed by atoms with Gasteiger partial charge in [0.15, 0.2) is 0 Å². The van der Waals surface area contributed by atoms with E-state index in [4.69, 9.17) is 21.1 Å². The number of hydrogen-bond donors (Lipinski definition) is 1. The van der Waals surface area contributed by atoms with Gasteiger partial charge in [-0.15, -0.1) is 0 Å². The van der Waals surface area contributed by atoms with E-state index in [1.165, 1.54) is 0 Å². The third kappa shape index (κ3) is 2.11. The molecule has 2 rings (SSSR count). The van der Waals surface area contributed by atoms with E-state index in [0.29, 0.717) is 10.9 Å². The Morgan fingerprint density at radius 3 is 2.69 bits per heavy atom. The molecule has 1 atom stereocenters. The smallest absolute Gasteiger partial charge is 0.141 e. The Kier molecular flexibility index (Phi) is 3.56.